The van der Waals surface area contributed by atoms with Crippen LogP contribution in [0.15, 0.2) is 35.7 Å². The second kappa shape index (κ2) is 6.81. The van der Waals surface area contributed by atoms with E-state index in [-0.39, 0.29) is 24.0 Å². The number of hydrogen-bond acceptors (Lipinski definition) is 6. The summed E-state index contributed by atoms with van der Waals surface area (Å²) in [4.78, 5) is 16.9. The minimum absolute atomic E-state index is 0.0429. The summed E-state index contributed by atoms with van der Waals surface area (Å²) in [5.74, 6) is 0. The zero-order valence-corrected chi connectivity index (χ0v) is 11.4. The van der Waals surface area contributed by atoms with Crippen LogP contribution in [0.1, 0.15) is 18.1 Å². The van der Waals surface area contributed by atoms with E-state index in [1.165, 1.54) is 24.5 Å². The van der Waals surface area contributed by atoms with Crippen molar-refractivity contribution in [3.63, 3.8) is 0 Å². The van der Waals surface area contributed by atoms with Crippen LogP contribution in [0.3, 0.4) is 0 Å². The quantitative estimate of drug-likeness (QED) is 0.276. The predicted molar refractivity (Wildman–Crippen MR) is 78.0 cm³/mol. The van der Waals surface area contributed by atoms with Crippen LogP contribution in [0.2, 0.25) is 0 Å². The Balaban J connectivity index is 2.41. The molecule has 2 atom stereocenters. The lowest BCUT2D eigenvalue weighted by Crippen LogP contribution is -2.19. The van der Waals surface area contributed by atoms with E-state index in [2.05, 4.69) is 15.0 Å². The van der Waals surface area contributed by atoms with E-state index in [1.807, 2.05) is 0 Å². The van der Waals surface area contributed by atoms with Gasteiger partial charge < -0.3 is 10.2 Å². The van der Waals surface area contributed by atoms with Gasteiger partial charge in [0.1, 0.15) is 6.10 Å². The third-order valence-electron chi connectivity index (χ3n) is 3.30. The van der Waals surface area contributed by atoms with Gasteiger partial charge in [0.15, 0.2) is 0 Å². The summed E-state index contributed by atoms with van der Waals surface area (Å²) >= 11 is 0. The van der Waals surface area contributed by atoms with Crippen LogP contribution in [0.25, 0.3) is 21.2 Å². The fourth-order valence-corrected chi connectivity index (χ4v) is 2.22. The molecule has 0 fully saturated rings. The van der Waals surface area contributed by atoms with Crippen molar-refractivity contribution < 1.29 is 15.1 Å². The SMILES string of the molecule is [N-]=[N+]=NCCC(O)C(O)c1ccc([N+](=O)[O-])c2cnccc12. The van der Waals surface area contributed by atoms with Gasteiger partial charge in [-0.1, -0.05) is 5.11 Å². The molecule has 0 saturated heterocycles. The normalized spacial score (nSPS) is 13.4. The fourth-order valence-electron chi connectivity index (χ4n) is 2.22. The maximum atomic E-state index is 11.0. The summed E-state index contributed by atoms with van der Waals surface area (Å²) in [6, 6.07) is 4.21. The molecule has 1 aromatic carbocycles. The van der Waals surface area contributed by atoms with Gasteiger partial charge >= 0.3 is 0 Å². The Kier molecular flexibility index (Phi) is 4.84. The molecule has 0 amide bonds. The van der Waals surface area contributed by atoms with E-state index < -0.39 is 17.1 Å². The molecule has 22 heavy (non-hydrogen) atoms. The Morgan fingerprint density at radius 2 is 2.14 bits per heavy atom. The van der Waals surface area contributed by atoms with Crippen molar-refractivity contribution in [2.45, 2.75) is 18.6 Å². The van der Waals surface area contributed by atoms with E-state index >= 15 is 0 Å². The van der Waals surface area contributed by atoms with Crippen LogP contribution < -0.4 is 0 Å². The Hall–Kier alpha value is -2.74. The van der Waals surface area contributed by atoms with Crippen molar-refractivity contribution in [1.82, 2.24) is 4.98 Å². The highest BCUT2D eigenvalue weighted by Gasteiger charge is 2.23. The number of hydrogen-bond donors (Lipinski definition) is 2. The van der Waals surface area contributed by atoms with E-state index in [1.54, 1.807) is 6.07 Å². The number of azide groups is 1. The third kappa shape index (κ3) is 3.12. The van der Waals surface area contributed by atoms with Crippen LogP contribution in [0.5, 0.6) is 0 Å². The van der Waals surface area contributed by atoms with Crippen LogP contribution in [0, 0.1) is 10.1 Å². The van der Waals surface area contributed by atoms with Crippen molar-refractivity contribution in [1.29, 1.82) is 0 Å². The van der Waals surface area contributed by atoms with Crippen molar-refractivity contribution in [2.24, 2.45) is 5.11 Å². The molecule has 2 N–H and O–H groups in total. The van der Waals surface area contributed by atoms with Gasteiger partial charge in [0.05, 0.1) is 16.4 Å². The van der Waals surface area contributed by atoms with E-state index in [4.69, 9.17) is 5.53 Å². The van der Waals surface area contributed by atoms with Crippen molar-refractivity contribution >= 4 is 16.5 Å². The first-order chi connectivity index (χ1) is 10.6. The topological polar surface area (TPSA) is 145 Å². The van der Waals surface area contributed by atoms with Gasteiger partial charge in [-0.25, -0.2) is 0 Å². The Bertz CT molecular complexity index is 744. The highest BCUT2D eigenvalue weighted by molar-refractivity contribution is 5.92. The number of aliphatic hydroxyl groups is 2. The molecule has 9 nitrogen and oxygen atoms in total. The van der Waals surface area contributed by atoms with Gasteiger partial charge in [0, 0.05) is 29.9 Å². The van der Waals surface area contributed by atoms with Crippen LogP contribution >= 0.6 is 0 Å². The Labute approximate surface area is 124 Å². The molecule has 2 rings (SSSR count). The van der Waals surface area contributed by atoms with Gasteiger partial charge in [-0.15, -0.1) is 0 Å². The number of nitrogens with zero attached hydrogens (tertiary/aromatic N) is 5. The summed E-state index contributed by atoms with van der Waals surface area (Å²) in [5.41, 5.74) is 8.44. The van der Waals surface area contributed by atoms with Gasteiger partial charge in [0.25, 0.3) is 5.69 Å². The minimum atomic E-state index is -1.25. The standard InChI is InChI=1S/C13H13N5O4/c14-17-16-6-4-12(19)13(20)9-1-2-11(18(21)22)10-7-15-5-3-8(9)10/h1-3,5,7,12-13,19-20H,4,6H2. The van der Waals surface area contributed by atoms with E-state index in [9.17, 15) is 20.3 Å². The number of rotatable bonds is 6. The average molecular weight is 303 g/mol. The molecule has 0 aliphatic heterocycles. The van der Waals surface area contributed by atoms with E-state index in [0.717, 1.165) is 0 Å². The fraction of sp³-hybridized carbons (Fsp3) is 0.308. The number of nitro benzene ring substituents is 1. The molecule has 2 unspecified atom stereocenters. The minimum Gasteiger partial charge on any atom is -0.390 e. The monoisotopic (exact) mass is 303 g/mol. The van der Waals surface area contributed by atoms with Gasteiger partial charge in [-0.2, -0.15) is 0 Å². The predicted octanol–water partition coefficient (Wildman–Crippen LogP) is 2.24. The lowest BCUT2D eigenvalue weighted by molar-refractivity contribution is -0.383. The highest BCUT2D eigenvalue weighted by atomic mass is 16.6. The van der Waals surface area contributed by atoms with Crippen molar-refractivity contribution in [3.05, 3.63) is 56.7 Å². The smallest absolute Gasteiger partial charge is 0.278 e. The Morgan fingerprint density at radius 3 is 2.82 bits per heavy atom. The molecule has 114 valence electrons. The van der Waals surface area contributed by atoms with Gasteiger partial charge in [-0.05, 0) is 35.0 Å². The average Bonchev–Trinajstić information content (AvgIpc) is 2.53. The first-order valence-corrected chi connectivity index (χ1v) is 6.44. The highest BCUT2D eigenvalue weighted by Crippen LogP contribution is 2.32. The molecule has 9 heteroatoms. The molecular weight excluding hydrogens is 290 g/mol. The zero-order valence-electron chi connectivity index (χ0n) is 11.4. The first-order valence-electron chi connectivity index (χ1n) is 6.44. The van der Waals surface area contributed by atoms with Gasteiger partial charge in [0.2, 0.25) is 0 Å². The number of nitro groups is 1. The molecule has 0 saturated carbocycles. The van der Waals surface area contributed by atoms with Gasteiger partial charge in [-0.3, -0.25) is 15.1 Å². The van der Waals surface area contributed by atoms with Crippen LogP contribution in [-0.2, 0) is 0 Å². The molecule has 0 radical (unpaired) electrons. The number of benzene rings is 1. The molecular formula is C13H13N5O4. The molecule has 1 heterocycles. The van der Waals surface area contributed by atoms with Crippen molar-refractivity contribution in [3.8, 4) is 0 Å². The van der Waals surface area contributed by atoms with E-state index in [0.29, 0.717) is 10.9 Å². The largest absolute Gasteiger partial charge is 0.390 e. The zero-order chi connectivity index (χ0) is 16.1. The van der Waals surface area contributed by atoms with Crippen LogP contribution in [-0.4, -0.2) is 32.8 Å². The lowest BCUT2D eigenvalue weighted by Gasteiger charge is -2.19. The number of fused-ring (bicyclic) bond motifs is 1. The summed E-state index contributed by atoms with van der Waals surface area (Å²) in [6.45, 7) is 0.0429. The molecule has 0 aliphatic rings. The van der Waals surface area contributed by atoms with Crippen molar-refractivity contribution in [2.75, 3.05) is 6.54 Å². The molecule has 1 aromatic heterocycles. The molecule has 0 bridgehead atoms. The third-order valence-corrected chi connectivity index (χ3v) is 3.30. The maximum Gasteiger partial charge on any atom is 0.278 e. The van der Waals surface area contributed by atoms with Crippen LogP contribution in [0.4, 0.5) is 5.69 Å². The summed E-state index contributed by atoms with van der Waals surface area (Å²) in [7, 11) is 0. The molecule has 0 aliphatic carbocycles. The molecule has 0 spiro atoms. The number of pyridine rings is 1. The summed E-state index contributed by atoms with van der Waals surface area (Å²) < 4.78 is 0. The second-order valence-electron chi connectivity index (χ2n) is 4.61. The molecule has 2 aromatic rings. The first kappa shape index (κ1) is 15.6. The lowest BCUT2D eigenvalue weighted by atomic mass is 9.96. The number of aromatic nitrogens is 1. The summed E-state index contributed by atoms with van der Waals surface area (Å²) in [6.07, 6.45) is 0.474. The second-order valence-corrected chi connectivity index (χ2v) is 4.61. The Morgan fingerprint density at radius 1 is 1.36 bits per heavy atom. The number of aliphatic hydroxyl groups excluding tert-OH is 2. The number of non-ortho nitro benzene ring substituents is 1. The summed E-state index contributed by atoms with van der Waals surface area (Å²) in [5, 5.41) is 35.2. The maximum absolute atomic E-state index is 11.0.